The molecule has 7 heteroatoms. The molecular weight excluding hydrogens is 474 g/mol. The van der Waals surface area contributed by atoms with E-state index in [1.165, 1.54) is 0 Å². The molecule has 1 saturated heterocycles. The Kier molecular flexibility index (Phi) is 5.34. The summed E-state index contributed by atoms with van der Waals surface area (Å²) in [6.45, 7) is 1.58. The van der Waals surface area contributed by atoms with Gasteiger partial charge in [0.05, 0.1) is 17.7 Å². The van der Waals surface area contributed by atoms with Crippen LogP contribution in [0.4, 0.5) is 0 Å². The highest BCUT2D eigenvalue weighted by molar-refractivity contribution is 9.10. The lowest BCUT2D eigenvalue weighted by molar-refractivity contribution is -0.130. The molecule has 1 fully saturated rings. The summed E-state index contributed by atoms with van der Waals surface area (Å²) >= 11 is 6.93. The van der Waals surface area contributed by atoms with Gasteiger partial charge in [-0.3, -0.25) is 4.79 Å². The first-order valence-corrected chi connectivity index (χ1v) is 10.4. The van der Waals surface area contributed by atoms with Crippen LogP contribution in [-0.4, -0.2) is 28.5 Å². The predicted octanol–water partition coefficient (Wildman–Crippen LogP) is 4.22. The maximum absolute atomic E-state index is 13.2. The molecule has 4 rings (SSSR count). The minimum absolute atomic E-state index is 0.0337. The molecule has 0 bridgehead atoms. The molecule has 1 amide bonds. The molecule has 0 saturated carbocycles. The highest BCUT2D eigenvalue weighted by Gasteiger charge is 2.41. The van der Waals surface area contributed by atoms with Crippen LogP contribution in [0.3, 0.4) is 0 Å². The van der Waals surface area contributed by atoms with Crippen molar-refractivity contribution in [3.8, 4) is 0 Å². The number of imidazole rings is 1. The molecule has 0 spiro atoms. The number of fused-ring (bicyclic) bond motifs is 1. The summed E-state index contributed by atoms with van der Waals surface area (Å²) < 4.78 is 9.46. The van der Waals surface area contributed by atoms with Crippen LogP contribution in [0.5, 0.6) is 0 Å². The van der Waals surface area contributed by atoms with Crippen molar-refractivity contribution in [2.24, 2.45) is 0 Å². The monoisotopic (exact) mass is 491 g/mol. The zero-order valence-corrected chi connectivity index (χ0v) is 17.8. The van der Waals surface area contributed by atoms with E-state index in [9.17, 15) is 4.79 Å². The summed E-state index contributed by atoms with van der Waals surface area (Å²) in [5, 5.41) is 3.10. The van der Waals surface area contributed by atoms with E-state index in [1.807, 2.05) is 53.2 Å². The number of carbonyl (C=O) groups is 1. The third-order valence-electron chi connectivity index (χ3n) is 5.07. The lowest BCUT2D eigenvalue weighted by Gasteiger charge is -2.36. The van der Waals surface area contributed by atoms with Gasteiger partial charge in [-0.2, -0.15) is 0 Å². The molecule has 0 radical (unpaired) electrons. The van der Waals surface area contributed by atoms with E-state index >= 15 is 0 Å². The maximum Gasteiger partial charge on any atom is 0.231 e. The van der Waals surface area contributed by atoms with Gasteiger partial charge >= 0.3 is 0 Å². The van der Waals surface area contributed by atoms with Crippen LogP contribution < -0.4 is 5.32 Å². The van der Waals surface area contributed by atoms with Crippen LogP contribution in [0, 0.1) is 0 Å². The van der Waals surface area contributed by atoms with E-state index in [-0.39, 0.29) is 5.91 Å². The van der Waals surface area contributed by atoms with Crippen LogP contribution in [-0.2, 0) is 21.5 Å². The van der Waals surface area contributed by atoms with E-state index in [4.69, 9.17) is 4.74 Å². The predicted molar refractivity (Wildman–Crippen MR) is 111 cm³/mol. The van der Waals surface area contributed by atoms with E-state index in [0.717, 1.165) is 25.8 Å². The van der Waals surface area contributed by atoms with E-state index in [1.54, 1.807) is 0 Å². The Morgan fingerprint density at radius 3 is 2.52 bits per heavy atom. The number of pyridine rings is 1. The van der Waals surface area contributed by atoms with E-state index in [2.05, 4.69) is 42.2 Å². The average molecular weight is 493 g/mol. The summed E-state index contributed by atoms with van der Waals surface area (Å²) in [6.07, 6.45) is 5.25. The minimum atomic E-state index is -0.554. The van der Waals surface area contributed by atoms with Gasteiger partial charge in [-0.25, -0.2) is 4.98 Å². The second-order valence-corrected chi connectivity index (χ2v) is 8.56. The van der Waals surface area contributed by atoms with Crippen molar-refractivity contribution in [3.05, 3.63) is 69.0 Å². The van der Waals surface area contributed by atoms with Gasteiger partial charge in [0.25, 0.3) is 0 Å². The van der Waals surface area contributed by atoms with Crippen molar-refractivity contribution in [1.29, 1.82) is 0 Å². The zero-order chi connectivity index (χ0) is 18.9. The molecular formula is C20H19Br2N3O2. The summed E-state index contributed by atoms with van der Waals surface area (Å²) in [5.41, 5.74) is 2.17. The topological polar surface area (TPSA) is 55.6 Å². The number of hydrogen-bond acceptors (Lipinski definition) is 3. The fraction of sp³-hybridized carbons (Fsp3) is 0.300. The van der Waals surface area contributed by atoms with Gasteiger partial charge in [0.2, 0.25) is 5.91 Å². The van der Waals surface area contributed by atoms with Crippen molar-refractivity contribution in [2.45, 2.75) is 24.8 Å². The van der Waals surface area contributed by atoms with Gasteiger partial charge in [0.1, 0.15) is 5.65 Å². The lowest BCUT2D eigenvalue weighted by atomic mass is 9.73. The average Bonchev–Trinajstić information content (AvgIpc) is 3.09. The van der Waals surface area contributed by atoms with Crippen molar-refractivity contribution in [2.75, 3.05) is 13.2 Å². The number of aromatic nitrogens is 2. The van der Waals surface area contributed by atoms with Gasteiger partial charge in [0.15, 0.2) is 0 Å². The summed E-state index contributed by atoms with van der Waals surface area (Å²) in [6, 6.07) is 11.9. The van der Waals surface area contributed by atoms with Crippen LogP contribution in [0.1, 0.15) is 24.1 Å². The number of benzene rings is 1. The molecule has 1 N–H and O–H groups in total. The van der Waals surface area contributed by atoms with Gasteiger partial charge in [-0.05, 0) is 58.6 Å². The molecule has 0 aliphatic carbocycles. The Hall–Kier alpha value is -1.70. The fourth-order valence-electron chi connectivity index (χ4n) is 3.58. The Bertz CT molecular complexity index is 963. The minimum Gasteiger partial charge on any atom is -0.381 e. The molecule has 0 unspecified atom stereocenters. The number of nitrogens with zero attached hydrogens (tertiary/aromatic N) is 2. The van der Waals surface area contributed by atoms with E-state index in [0.29, 0.717) is 32.6 Å². The third kappa shape index (κ3) is 3.81. The Morgan fingerprint density at radius 2 is 1.78 bits per heavy atom. The molecule has 1 aliphatic rings. The van der Waals surface area contributed by atoms with Gasteiger partial charge in [-0.1, -0.05) is 28.1 Å². The van der Waals surface area contributed by atoms with Crippen LogP contribution in [0.2, 0.25) is 0 Å². The number of nitrogens with one attached hydrogen (secondary N) is 1. The second-order valence-electron chi connectivity index (χ2n) is 6.73. The Morgan fingerprint density at radius 1 is 1.07 bits per heavy atom. The first-order valence-electron chi connectivity index (χ1n) is 8.82. The highest BCUT2D eigenvalue weighted by atomic mass is 79.9. The molecule has 1 aromatic carbocycles. The van der Waals surface area contributed by atoms with Gasteiger partial charge in [-0.15, -0.1) is 0 Å². The second kappa shape index (κ2) is 7.73. The lowest BCUT2D eigenvalue weighted by Crippen LogP contribution is -2.47. The number of halogens is 2. The summed E-state index contributed by atoms with van der Waals surface area (Å²) in [7, 11) is 0. The molecule has 2 aromatic heterocycles. The van der Waals surface area contributed by atoms with Crippen molar-refractivity contribution < 1.29 is 9.53 Å². The van der Waals surface area contributed by atoms with E-state index < -0.39 is 5.41 Å². The standard InChI is InChI=1S/C20H19Br2N3O2/c21-15-3-1-14(2-4-15)20(7-9-27-10-8-20)19(26)23-11-17-13-25-12-16(22)5-6-18(25)24-17/h1-6,12-13H,7-11H2,(H,23,26). The number of ether oxygens (including phenoxy) is 1. The van der Waals surface area contributed by atoms with Crippen LogP contribution in [0.15, 0.2) is 57.7 Å². The molecule has 5 nitrogen and oxygen atoms in total. The summed E-state index contributed by atoms with van der Waals surface area (Å²) in [4.78, 5) is 17.8. The summed E-state index contributed by atoms with van der Waals surface area (Å²) in [5.74, 6) is 0.0337. The Labute approximate surface area is 174 Å². The number of carbonyl (C=O) groups excluding carboxylic acids is 1. The Balaban J connectivity index is 1.55. The van der Waals surface area contributed by atoms with Crippen molar-refractivity contribution in [3.63, 3.8) is 0 Å². The number of rotatable bonds is 4. The SMILES string of the molecule is O=C(NCc1cn2cc(Br)ccc2n1)C1(c2ccc(Br)cc2)CCOCC1. The smallest absolute Gasteiger partial charge is 0.231 e. The fourth-order valence-corrected chi connectivity index (χ4v) is 4.20. The number of amides is 1. The largest absolute Gasteiger partial charge is 0.381 e. The third-order valence-corrected chi connectivity index (χ3v) is 6.07. The molecule has 1 aliphatic heterocycles. The van der Waals surface area contributed by atoms with Crippen molar-refractivity contribution >= 4 is 43.4 Å². The molecule has 0 atom stereocenters. The molecule has 3 aromatic rings. The van der Waals surface area contributed by atoms with Gasteiger partial charge < -0.3 is 14.5 Å². The maximum atomic E-state index is 13.2. The molecule has 3 heterocycles. The molecule has 140 valence electrons. The quantitative estimate of drug-likeness (QED) is 0.593. The van der Waals surface area contributed by atoms with Crippen molar-refractivity contribution in [1.82, 2.24) is 14.7 Å². The van der Waals surface area contributed by atoms with Crippen LogP contribution >= 0.6 is 31.9 Å². The number of hydrogen-bond donors (Lipinski definition) is 1. The zero-order valence-electron chi connectivity index (χ0n) is 14.6. The molecule has 27 heavy (non-hydrogen) atoms. The first kappa shape index (κ1) is 18.7. The first-order chi connectivity index (χ1) is 13.1. The van der Waals surface area contributed by atoms with Crippen LogP contribution in [0.25, 0.3) is 5.65 Å². The highest BCUT2D eigenvalue weighted by Crippen LogP contribution is 2.36. The van der Waals surface area contributed by atoms with Gasteiger partial charge in [0, 0.05) is 34.6 Å². The normalized spacial score (nSPS) is 16.4.